The number of ketones is 1. The Morgan fingerprint density at radius 2 is 1.66 bits per heavy atom. The van der Waals surface area contributed by atoms with Crippen molar-refractivity contribution in [3.63, 3.8) is 0 Å². The van der Waals surface area contributed by atoms with E-state index in [0.717, 1.165) is 10.4 Å². The van der Waals surface area contributed by atoms with Gasteiger partial charge in [-0.15, -0.1) is 11.3 Å². The Hall–Kier alpha value is -3.25. The van der Waals surface area contributed by atoms with E-state index in [-0.39, 0.29) is 23.0 Å². The van der Waals surface area contributed by atoms with Crippen LogP contribution in [0.1, 0.15) is 49.7 Å². The van der Waals surface area contributed by atoms with Crippen LogP contribution in [0.5, 0.6) is 0 Å². The third-order valence-corrected chi connectivity index (χ3v) is 5.44. The molecule has 0 aliphatic rings. The zero-order valence-corrected chi connectivity index (χ0v) is 17.0. The van der Waals surface area contributed by atoms with E-state index < -0.39 is 18.5 Å². The van der Waals surface area contributed by atoms with Crippen molar-refractivity contribution >= 4 is 29.0 Å². The van der Waals surface area contributed by atoms with Crippen LogP contribution in [-0.2, 0) is 9.53 Å². The normalized spacial score (nSPS) is 11.5. The Kier molecular flexibility index (Phi) is 6.57. The van der Waals surface area contributed by atoms with Crippen molar-refractivity contribution in [2.24, 2.45) is 0 Å². The third kappa shape index (κ3) is 5.18. The second kappa shape index (κ2) is 9.30. The molecule has 1 aromatic heterocycles. The molecule has 5 nitrogen and oxygen atoms in total. The molecule has 1 N–H and O–H groups in total. The molecule has 1 amide bonds. The van der Waals surface area contributed by atoms with Crippen LogP contribution in [0.25, 0.3) is 0 Å². The molecule has 0 bridgehead atoms. The van der Waals surface area contributed by atoms with Gasteiger partial charge in [-0.05, 0) is 31.4 Å². The van der Waals surface area contributed by atoms with Crippen LogP contribution in [-0.4, -0.2) is 24.3 Å². The SMILES string of the molecule is Cc1ccc(C(=O)c2ccccc2C(=O)OCC(=O)NC(C)c2cccs2)cc1. The molecular formula is C23H21NO4S. The molecule has 0 saturated carbocycles. The standard InChI is InChI=1S/C23H21NO4S/c1-15-9-11-17(12-10-15)22(26)18-6-3-4-7-19(18)23(27)28-14-21(25)24-16(2)20-8-5-13-29-20/h3-13,16H,14H2,1-2H3,(H,24,25). The number of hydrogen-bond acceptors (Lipinski definition) is 5. The Bertz CT molecular complexity index is 1010. The van der Waals surface area contributed by atoms with Gasteiger partial charge in [-0.2, -0.15) is 0 Å². The number of thiophene rings is 1. The average Bonchev–Trinajstić information content (AvgIpc) is 3.27. The Morgan fingerprint density at radius 3 is 2.31 bits per heavy atom. The van der Waals surface area contributed by atoms with Crippen LogP contribution >= 0.6 is 11.3 Å². The Morgan fingerprint density at radius 1 is 0.966 bits per heavy atom. The lowest BCUT2D eigenvalue weighted by molar-refractivity contribution is -0.124. The van der Waals surface area contributed by atoms with Crippen molar-refractivity contribution in [1.82, 2.24) is 5.32 Å². The van der Waals surface area contributed by atoms with Crippen molar-refractivity contribution in [2.45, 2.75) is 19.9 Å². The summed E-state index contributed by atoms with van der Waals surface area (Å²) in [7, 11) is 0. The van der Waals surface area contributed by atoms with E-state index in [1.165, 1.54) is 17.4 Å². The number of esters is 1. The largest absolute Gasteiger partial charge is 0.452 e. The van der Waals surface area contributed by atoms with Crippen molar-refractivity contribution in [2.75, 3.05) is 6.61 Å². The first-order valence-corrected chi connectivity index (χ1v) is 10.0. The summed E-state index contributed by atoms with van der Waals surface area (Å²) >= 11 is 1.54. The fourth-order valence-electron chi connectivity index (χ4n) is 2.82. The van der Waals surface area contributed by atoms with Crippen LogP contribution in [0.4, 0.5) is 0 Å². The van der Waals surface area contributed by atoms with Gasteiger partial charge in [0.25, 0.3) is 5.91 Å². The maximum absolute atomic E-state index is 12.8. The number of ether oxygens (including phenoxy) is 1. The molecule has 2 aromatic carbocycles. The van der Waals surface area contributed by atoms with Crippen molar-refractivity contribution in [3.05, 3.63) is 93.2 Å². The molecule has 0 radical (unpaired) electrons. The van der Waals surface area contributed by atoms with Crippen LogP contribution < -0.4 is 5.32 Å². The van der Waals surface area contributed by atoms with Gasteiger partial charge >= 0.3 is 5.97 Å². The number of aryl methyl sites for hydroxylation is 1. The molecule has 0 aliphatic carbocycles. The smallest absolute Gasteiger partial charge is 0.339 e. The monoisotopic (exact) mass is 407 g/mol. The van der Waals surface area contributed by atoms with E-state index >= 15 is 0 Å². The second-order valence-electron chi connectivity index (χ2n) is 6.62. The highest BCUT2D eigenvalue weighted by Crippen LogP contribution is 2.18. The zero-order valence-electron chi connectivity index (χ0n) is 16.2. The van der Waals surface area contributed by atoms with Crippen molar-refractivity contribution in [3.8, 4) is 0 Å². The van der Waals surface area contributed by atoms with E-state index in [0.29, 0.717) is 5.56 Å². The summed E-state index contributed by atoms with van der Waals surface area (Å²) in [5, 5.41) is 4.72. The van der Waals surface area contributed by atoms with E-state index in [2.05, 4.69) is 5.32 Å². The summed E-state index contributed by atoms with van der Waals surface area (Å²) in [6, 6.07) is 17.2. The molecule has 0 aliphatic heterocycles. The molecule has 6 heteroatoms. The van der Waals surface area contributed by atoms with E-state index in [1.807, 2.05) is 43.5 Å². The first kappa shape index (κ1) is 20.5. The maximum atomic E-state index is 12.8. The summed E-state index contributed by atoms with van der Waals surface area (Å²) < 4.78 is 5.15. The molecule has 0 saturated heterocycles. The predicted molar refractivity (Wildman–Crippen MR) is 112 cm³/mol. The molecule has 0 spiro atoms. The number of rotatable bonds is 7. The summed E-state index contributed by atoms with van der Waals surface area (Å²) in [5.41, 5.74) is 1.90. The van der Waals surface area contributed by atoms with Gasteiger partial charge in [0.15, 0.2) is 12.4 Å². The van der Waals surface area contributed by atoms with E-state index in [9.17, 15) is 14.4 Å². The van der Waals surface area contributed by atoms with Crippen LogP contribution in [0, 0.1) is 6.92 Å². The van der Waals surface area contributed by atoms with E-state index in [1.54, 1.807) is 30.3 Å². The topological polar surface area (TPSA) is 72.5 Å². The van der Waals surface area contributed by atoms with Crippen LogP contribution in [0.15, 0.2) is 66.0 Å². The van der Waals surface area contributed by atoms with Crippen LogP contribution in [0.2, 0.25) is 0 Å². The average molecular weight is 407 g/mol. The minimum absolute atomic E-state index is 0.136. The fourth-order valence-corrected chi connectivity index (χ4v) is 3.55. The molecule has 0 fully saturated rings. The molecule has 3 rings (SSSR count). The first-order valence-electron chi connectivity index (χ1n) is 9.16. The summed E-state index contributed by atoms with van der Waals surface area (Å²) in [6.07, 6.45) is 0. The van der Waals surface area contributed by atoms with Crippen LogP contribution in [0.3, 0.4) is 0 Å². The van der Waals surface area contributed by atoms with Gasteiger partial charge in [0.05, 0.1) is 11.6 Å². The van der Waals surface area contributed by atoms with E-state index in [4.69, 9.17) is 4.74 Å². The Labute approximate surface area is 173 Å². The molecule has 29 heavy (non-hydrogen) atoms. The highest BCUT2D eigenvalue weighted by atomic mass is 32.1. The molecular weight excluding hydrogens is 386 g/mol. The zero-order chi connectivity index (χ0) is 20.8. The summed E-state index contributed by atoms with van der Waals surface area (Å²) in [4.78, 5) is 38.5. The molecule has 1 atom stereocenters. The number of amides is 1. The highest BCUT2D eigenvalue weighted by molar-refractivity contribution is 7.10. The molecule has 148 valence electrons. The first-order chi connectivity index (χ1) is 14.0. The molecule has 3 aromatic rings. The predicted octanol–water partition coefficient (Wildman–Crippen LogP) is 4.32. The minimum atomic E-state index is -0.708. The van der Waals surface area contributed by atoms with Gasteiger partial charge < -0.3 is 10.1 Å². The summed E-state index contributed by atoms with van der Waals surface area (Å²) in [5.74, 6) is -1.38. The highest BCUT2D eigenvalue weighted by Gasteiger charge is 2.20. The number of benzene rings is 2. The third-order valence-electron chi connectivity index (χ3n) is 4.39. The lowest BCUT2D eigenvalue weighted by Crippen LogP contribution is -2.31. The summed E-state index contributed by atoms with van der Waals surface area (Å²) in [6.45, 7) is 3.38. The number of hydrogen-bond donors (Lipinski definition) is 1. The van der Waals surface area contributed by atoms with Gasteiger partial charge in [0.2, 0.25) is 0 Å². The maximum Gasteiger partial charge on any atom is 0.339 e. The second-order valence-corrected chi connectivity index (χ2v) is 7.60. The number of carbonyl (C=O) groups is 3. The van der Waals surface area contributed by atoms with Crippen molar-refractivity contribution < 1.29 is 19.1 Å². The molecule has 1 heterocycles. The van der Waals surface area contributed by atoms with Gasteiger partial charge in [-0.3, -0.25) is 9.59 Å². The van der Waals surface area contributed by atoms with Gasteiger partial charge in [0, 0.05) is 16.0 Å². The minimum Gasteiger partial charge on any atom is -0.452 e. The lowest BCUT2D eigenvalue weighted by atomic mass is 9.98. The molecule has 1 unspecified atom stereocenters. The lowest BCUT2D eigenvalue weighted by Gasteiger charge is -2.13. The number of nitrogens with one attached hydrogen (secondary N) is 1. The van der Waals surface area contributed by atoms with Gasteiger partial charge in [-0.1, -0.05) is 54.1 Å². The fraction of sp³-hybridized carbons (Fsp3) is 0.174. The van der Waals surface area contributed by atoms with Gasteiger partial charge in [0.1, 0.15) is 0 Å². The number of carbonyl (C=O) groups excluding carboxylic acids is 3. The Balaban J connectivity index is 1.66. The quantitative estimate of drug-likeness (QED) is 0.468. The van der Waals surface area contributed by atoms with Crippen molar-refractivity contribution in [1.29, 1.82) is 0 Å². The van der Waals surface area contributed by atoms with Gasteiger partial charge in [-0.25, -0.2) is 4.79 Å².